The first kappa shape index (κ1) is 26.7. The van der Waals surface area contributed by atoms with Crippen LogP contribution in [0.5, 0.6) is 0 Å². The van der Waals surface area contributed by atoms with Crippen molar-refractivity contribution in [3.8, 4) is 6.07 Å². The Morgan fingerprint density at radius 2 is 1.91 bits per heavy atom. The standard InChI is InChI=1S/C12H14F2N5O12P3/c13-5-1-6(19-8(5)11(16)17-4-18-19)9-7(14)10(20)12(2-15,29-9)3-28-33(24,25)31-34(26,27)30-32(21,22)23/h1,4,7,9-10,20H,3H2,(H,24,25)(H,26,27)(H2,16,17,18)(H2,21,22,23)/t7-,9?,10-,12+/m0/s1. The summed E-state index contributed by atoms with van der Waals surface area (Å²) < 4.78 is 80.4. The number of aliphatic hydroxyl groups is 1. The van der Waals surface area contributed by atoms with Gasteiger partial charge < -0.3 is 35.2 Å². The summed E-state index contributed by atoms with van der Waals surface area (Å²) >= 11 is 0. The van der Waals surface area contributed by atoms with E-state index in [0.717, 1.165) is 16.9 Å². The number of hydrogen-bond acceptors (Lipinski definition) is 12. The molecule has 0 bridgehead atoms. The normalized spacial score (nSPS) is 28.9. The molecule has 2 aromatic rings. The van der Waals surface area contributed by atoms with Crippen LogP contribution in [0.3, 0.4) is 0 Å². The first-order valence-electron chi connectivity index (χ1n) is 8.48. The zero-order chi connectivity index (χ0) is 25.7. The van der Waals surface area contributed by atoms with Crippen LogP contribution in [0.25, 0.3) is 5.52 Å². The smallest absolute Gasteiger partial charge is 0.386 e. The Morgan fingerprint density at radius 3 is 2.50 bits per heavy atom. The summed E-state index contributed by atoms with van der Waals surface area (Å²) in [4.78, 5) is 39.3. The second-order valence-electron chi connectivity index (χ2n) is 6.62. The van der Waals surface area contributed by atoms with Crippen LogP contribution in [0.1, 0.15) is 11.8 Å². The number of ether oxygens (including phenoxy) is 1. The van der Waals surface area contributed by atoms with Crippen molar-refractivity contribution in [2.45, 2.75) is 24.0 Å². The fourth-order valence-electron chi connectivity index (χ4n) is 2.98. The molecule has 0 amide bonds. The van der Waals surface area contributed by atoms with E-state index in [1.165, 1.54) is 6.07 Å². The van der Waals surface area contributed by atoms with Crippen LogP contribution in [0.4, 0.5) is 14.6 Å². The van der Waals surface area contributed by atoms with E-state index in [9.17, 15) is 37.7 Å². The second kappa shape index (κ2) is 8.95. The molecule has 34 heavy (non-hydrogen) atoms. The lowest BCUT2D eigenvalue weighted by Crippen LogP contribution is -2.44. The third-order valence-corrected chi connectivity index (χ3v) is 8.09. The van der Waals surface area contributed by atoms with Crippen LogP contribution in [0.15, 0.2) is 12.4 Å². The number of aliphatic hydroxyl groups excluding tert-OH is 1. The Balaban J connectivity index is 1.85. The number of phosphoric ester groups is 1. The quantitative estimate of drug-likeness (QED) is 0.232. The summed E-state index contributed by atoms with van der Waals surface area (Å²) in [5.41, 5.74) is 2.05. The average Bonchev–Trinajstić information content (AvgIpc) is 3.14. The molecule has 3 unspecified atom stereocenters. The van der Waals surface area contributed by atoms with Gasteiger partial charge in [0.05, 0.1) is 5.69 Å². The summed E-state index contributed by atoms with van der Waals surface area (Å²) in [7, 11) is -17.3. The monoisotopic (exact) mass is 551 g/mol. The van der Waals surface area contributed by atoms with Crippen molar-refractivity contribution in [3.63, 3.8) is 0 Å². The number of nitrogen functional groups attached to an aromatic ring is 1. The average molecular weight is 551 g/mol. The van der Waals surface area contributed by atoms with Gasteiger partial charge in [0.1, 0.15) is 36.7 Å². The maximum absolute atomic E-state index is 14.9. The van der Waals surface area contributed by atoms with Crippen molar-refractivity contribution in [3.05, 3.63) is 23.9 Å². The molecule has 7 N–H and O–H groups in total. The van der Waals surface area contributed by atoms with Gasteiger partial charge in [-0.25, -0.2) is 32.0 Å². The van der Waals surface area contributed by atoms with Crippen LogP contribution < -0.4 is 5.73 Å². The van der Waals surface area contributed by atoms with Crippen LogP contribution in [-0.4, -0.2) is 63.8 Å². The molecule has 0 spiro atoms. The zero-order valence-corrected chi connectivity index (χ0v) is 18.8. The molecule has 3 heterocycles. The topological polar surface area (TPSA) is 269 Å². The summed E-state index contributed by atoms with van der Waals surface area (Å²) in [5, 5.41) is 23.4. The van der Waals surface area contributed by atoms with Gasteiger partial charge in [-0.15, -0.1) is 0 Å². The minimum Gasteiger partial charge on any atom is -0.386 e. The molecule has 1 fully saturated rings. The van der Waals surface area contributed by atoms with E-state index in [2.05, 4.69) is 23.2 Å². The number of phosphoric acid groups is 3. The molecule has 0 aliphatic carbocycles. The van der Waals surface area contributed by atoms with E-state index in [-0.39, 0.29) is 17.0 Å². The fourth-order valence-corrected chi connectivity index (χ4v) is 6.03. The molecule has 3 rings (SSSR count). The van der Waals surface area contributed by atoms with Gasteiger partial charge in [0.25, 0.3) is 0 Å². The molecule has 1 aliphatic heterocycles. The molecule has 0 aromatic carbocycles. The molecule has 22 heteroatoms. The number of nitrogens with zero attached hydrogens (tertiary/aromatic N) is 4. The Bertz CT molecular complexity index is 1300. The molecule has 1 aliphatic rings. The molecule has 0 radical (unpaired) electrons. The first-order valence-corrected chi connectivity index (χ1v) is 13.0. The molecule has 0 saturated carbocycles. The predicted octanol–water partition coefficient (Wildman–Crippen LogP) is -0.173. The van der Waals surface area contributed by atoms with Gasteiger partial charge >= 0.3 is 23.5 Å². The van der Waals surface area contributed by atoms with Crippen LogP contribution in [-0.2, 0) is 31.6 Å². The van der Waals surface area contributed by atoms with Crippen molar-refractivity contribution in [1.29, 1.82) is 5.26 Å². The predicted molar refractivity (Wildman–Crippen MR) is 100 cm³/mol. The number of fused-ring (bicyclic) bond motifs is 1. The lowest BCUT2D eigenvalue weighted by atomic mass is 9.97. The van der Waals surface area contributed by atoms with E-state index in [0.29, 0.717) is 0 Å². The molecule has 188 valence electrons. The van der Waals surface area contributed by atoms with Gasteiger partial charge in [-0.05, 0) is 0 Å². The van der Waals surface area contributed by atoms with Crippen LogP contribution >= 0.6 is 23.5 Å². The van der Waals surface area contributed by atoms with Crippen molar-refractivity contribution < 1.29 is 65.0 Å². The van der Waals surface area contributed by atoms with E-state index in [4.69, 9.17) is 25.2 Å². The highest BCUT2D eigenvalue weighted by Crippen LogP contribution is 2.66. The summed E-state index contributed by atoms with van der Waals surface area (Å²) in [6.07, 6.45) is -5.84. The van der Waals surface area contributed by atoms with Crippen LogP contribution in [0, 0.1) is 17.1 Å². The minimum absolute atomic E-state index is 0.327. The van der Waals surface area contributed by atoms with E-state index in [1.807, 2.05) is 0 Å². The largest absolute Gasteiger partial charge is 0.490 e. The summed E-state index contributed by atoms with van der Waals surface area (Å²) in [5.74, 6) is -1.33. The Morgan fingerprint density at radius 1 is 1.26 bits per heavy atom. The van der Waals surface area contributed by atoms with Crippen molar-refractivity contribution in [2.24, 2.45) is 0 Å². The molecule has 6 atom stereocenters. The minimum atomic E-state index is -5.88. The number of aromatic nitrogens is 3. The summed E-state index contributed by atoms with van der Waals surface area (Å²) in [6, 6.07) is 2.06. The van der Waals surface area contributed by atoms with Crippen molar-refractivity contribution in [2.75, 3.05) is 12.3 Å². The molecule has 17 nitrogen and oxygen atoms in total. The van der Waals surface area contributed by atoms with Crippen molar-refractivity contribution >= 4 is 34.8 Å². The maximum Gasteiger partial charge on any atom is 0.490 e. The third-order valence-electron chi connectivity index (χ3n) is 4.31. The Kier molecular flexibility index (Phi) is 7.03. The van der Waals surface area contributed by atoms with Gasteiger partial charge in [-0.1, -0.05) is 0 Å². The number of hydrogen-bond donors (Lipinski definition) is 6. The molecular formula is C12H14F2N5O12P3. The van der Waals surface area contributed by atoms with Crippen LogP contribution in [0.2, 0.25) is 0 Å². The number of halogens is 2. The number of alkyl halides is 1. The number of anilines is 1. The lowest BCUT2D eigenvalue weighted by Gasteiger charge is -2.25. The summed E-state index contributed by atoms with van der Waals surface area (Å²) in [6.45, 7) is -1.48. The van der Waals surface area contributed by atoms with Gasteiger partial charge in [-0.2, -0.15) is 19.0 Å². The highest BCUT2D eigenvalue weighted by atomic mass is 31.3. The SMILES string of the molecule is N#C[C@]1(COP(=O)(O)OP(=O)(O)OP(=O)(O)O)OC(c2cc(F)c3c(N)ncnn23)[C@H](F)[C@@H]1O. The third kappa shape index (κ3) is 5.34. The Hall–Kier alpha value is -1.90. The van der Waals surface area contributed by atoms with E-state index < -0.39 is 59.9 Å². The molecular weight excluding hydrogens is 537 g/mol. The van der Waals surface area contributed by atoms with Gasteiger partial charge in [0.2, 0.25) is 5.60 Å². The fraction of sp³-hybridized carbons (Fsp3) is 0.417. The highest BCUT2D eigenvalue weighted by molar-refractivity contribution is 7.66. The van der Waals surface area contributed by atoms with E-state index >= 15 is 0 Å². The molecule has 2 aromatic heterocycles. The number of nitriles is 1. The number of rotatable bonds is 8. The van der Waals surface area contributed by atoms with E-state index in [1.54, 1.807) is 0 Å². The van der Waals surface area contributed by atoms with Gasteiger partial charge in [0, 0.05) is 6.07 Å². The number of nitrogens with two attached hydrogens (primary N) is 1. The zero-order valence-electron chi connectivity index (χ0n) is 16.2. The molecule has 1 saturated heterocycles. The highest BCUT2D eigenvalue weighted by Gasteiger charge is 2.58. The first-order chi connectivity index (χ1) is 15.5. The lowest BCUT2D eigenvalue weighted by molar-refractivity contribution is -0.0729. The maximum atomic E-state index is 14.9. The van der Waals surface area contributed by atoms with Gasteiger partial charge in [0.15, 0.2) is 17.8 Å². The van der Waals surface area contributed by atoms with Gasteiger partial charge in [-0.3, -0.25) is 4.52 Å². The Labute approximate surface area is 186 Å². The second-order valence-corrected chi connectivity index (χ2v) is 11.0. The van der Waals surface area contributed by atoms with Crippen molar-refractivity contribution in [1.82, 2.24) is 14.6 Å².